The smallest absolute Gasteiger partial charge is 0.221 e. The van der Waals surface area contributed by atoms with Crippen LogP contribution in [0.15, 0.2) is 18.2 Å². The fourth-order valence-electron chi connectivity index (χ4n) is 1.62. The molecule has 0 bridgehead atoms. The molecule has 0 aliphatic rings. The summed E-state index contributed by atoms with van der Waals surface area (Å²) in [7, 11) is 0. The van der Waals surface area contributed by atoms with Crippen LogP contribution >= 0.6 is 11.3 Å². The van der Waals surface area contributed by atoms with Gasteiger partial charge in [0.1, 0.15) is 5.82 Å². The predicted octanol–water partition coefficient (Wildman–Crippen LogP) is 2.24. The number of nitrogen functional groups attached to an aromatic ring is 2. The van der Waals surface area contributed by atoms with E-state index < -0.39 is 0 Å². The van der Waals surface area contributed by atoms with Crippen molar-refractivity contribution in [2.24, 2.45) is 0 Å². The summed E-state index contributed by atoms with van der Waals surface area (Å²) in [5, 5.41) is 2.11. The van der Waals surface area contributed by atoms with Crippen molar-refractivity contribution in [2.45, 2.75) is 13.3 Å². The highest BCUT2D eigenvalue weighted by Crippen LogP contribution is 2.26. The number of thiophene rings is 1. The van der Waals surface area contributed by atoms with E-state index >= 15 is 0 Å². The van der Waals surface area contributed by atoms with Crippen LogP contribution in [-0.4, -0.2) is 9.97 Å². The quantitative estimate of drug-likeness (QED) is 0.870. The van der Waals surface area contributed by atoms with Crippen molar-refractivity contribution in [3.8, 4) is 0 Å². The Morgan fingerprint density at radius 3 is 2.76 bits per heavy atom. The van der Waals surface area contributed by atoms with Crippen LogP contribution in [0.25, 0.3) is 6.08 Å². The molecule has 0 amide bonds. The van der Waals surface area contributed by atoms with E-state index in [2.05, 4.69) is 28.9 Å². The molecule has 0 saturated carbocycles. The molecule has 2 heterocycles. The summed E-state index contributed by atoms with van der Waals surface area (Å²) < 4.78 is 0. The summed E-state index contributed by atoms with van der Waals surface area (Å²) in [5.74, 6) is 0.656. The first kappa shape index (κ1) is 11.6. The standard InChI is InChI=1S/C12H14N4S/c1-3-10-7(2)9(6-17-10)4-8-5-15-12(14)16-11(8)13/h3,5-6H,1,4H2,2H3,(H4,13,14,15,16). The van der Waals surface area contributed by atoms with E-state index in [4.69, 9.17) is 11.5 Å². The molecule has 0 saturated heterocycles. The maximum atomic E-state index is 5.81. The molecule has 0 fully saturated rings. The monoisotopic (exact) mass is 246 g/mol. The molecule has 4 N–H and O–H groups in total. The first-order valence-electron chi connectivity index (χ1n) is 5.18. The molecule has 5 heteroatoms. The van der Waals surface area contributed by atoms with Gasteiger partial charge in [-0.3, -0.25) is 0 Å². The normalized spacial score (nSPS) is 10.4. The van der Waals surface area contributed by atoms with Crippen molar-refractivity contribution in [1.29, 1.82) is 0 Å². The van der Waals surface area contributed by atoms with Crippen LogP contribution in [0.1, 0.15) is 21.6 Å². The lowest BCUT2D eigenvalue weighted by atomic mass is 10.1. The van der Waals surface area contributed by atoms with Gasteiger partial charge in [-0.15, -0.1) is 11.3 Å². The van der Waals surface area contributed by atoms with Crippen molar-refractivity contribution >= 4 is 29.2 Å². The molecule has 0 aliphatic heterocycles. The summed E-state index contributed by atoms with van der Waals surface area (Å²) in [4.78, 5) is 9.11. The summed E-state index contributed by atoms with van der Waals surface area (Å²) in [6.07, 6.45) is 4.27. The van der Waals surface area contributed by atoms with Crippen LogP contribution in [-0.2, 0) is 6.42 Å². The first-order chi connectivity index (χ1) is 8.11. The number of rotatable bonds is 3. The second-order valence-electron chi connectivity index (χ2n) is 3.77. The predicted molar refractivity (Wildman–Crippen MR) is 72.8 cm³/mol. The minimum absolute atomic E-state index is 0.208. The maximum absolute atomic E-state index is 5.81. The van der Waals surface area contributed by atoms with Gasteiger partial charge < -0.3 is 11.5 Å². The van der Waals surface area contributed by atoms with Crippen LogP contribution in [0.4, 0.5) is 11.8 Å². The minimum atomic E-state index is 0.208. The Morgan fingerprint density at radius 1 is 1.41 bits per heavy atom. The molecule has 2 aromatic heterocycles. The number of hydrogen-bond acceptors (Lipinski definition) is 5. The molecule has 0 unspecified atom stereocenters. The van der Waals surface area contributed by atoms with Crippen molar-refractivity contribution in [1.82, 2.24) is 9.97 Å². The number of nitrogens with two attached hydrogens (primary N) is 2. The maximum Gasteiger partial charge on any atom is 0.221 e. The molecule has 0 aromatic carbocycles. The average Bonchev–Trinajstić information content (AvgIpc) is 2.64. The second-order valence-corrected chi connectivity index (χ2v) is 4.68. The second kappa shape index (κ2) is 4.55. The zero-order valence-corrected chi connectivity index (χ0v) is 10.4. The van der Waals surface area contributed by atoms with Crippen molar-refractivity contribution in [3.05, 3.63) is 39.7 Å². The van der Waals surface area contributed by atoms with Crippen LogP contribution in [0.2, 0.25) is 0 Å². The Balaban J connectivity index is 2.31. The number of nitrogens with zero attached hydrogens (tertiary/aromatic N) is 2. The molecule has 17 heavy (non-hydrogen) atoms. The Hall–Kier alpha value is -1.88. The molecule has 2 aromatic rings. The molecule has 0 spiro atoms. The van der Waals surface area contributed by atoms with E-state index in [1.54, 1.807) is 17.5 Å². The molecular weight excluding hydrogens is 232 g/mol. The van der Waals surface area contributed by atoms with Gasteiger partial charge in [0.25, 0.3) is 0 Å². The summed E-state index contributed by atoms with van der Waals surface area (Å²) in [6, 6.07) is 0. The Bertz CT molecular complexity index is 560. The highest BCUT2D eigenvalue weighted by Gasteiger charge is 2.09. The van der Waals surface area contributed by atoms with Gasteiger partial charge in [0.05, 0.1) is 0 Å². The Labute approximate surface area is 104 Å². The zero-order valence-electron chi connectivity index (χ0n) is 9.60. The van der Waals surface area contributed by atoms with E-state index in [-0.39, 0.29) is 5.95 Å². The van der Waals surface area contributed by atoms with Gasteiger partial charge in [0.2, 0.25) is 5.95 Å². The van der Waals surface area contributed by atoms with Gasteiger partial charge in [-0.05, 0) is 23.4 Å². The average molecular weight is 246 g/mol. The van der Waals surface area contributed by atoms with Crippen molar-refractivity contribution in [3.63, 3.8) is 0 Å². The van der Waals surface area contributed by atoms with Gasteiger partial charge in [0.15, 0.2) is 0 Å². The Morgan fingerprint density at radius 2 is 2.18 bits per heavy atom. The van der Waals surface area contributed by atoms with Gasteiger partial charge in [-0.2, -0.15) is 4.98 Å². The van der Waals surface area contributed by atoms with Crippen molar-refractivity contribution in [2.75, 3.05) is 11.5 Å². The van der Waals surface area contributed by atoms with Crippen LogP contribution in [0.3, 0.4) is 0 Å². The van der Waals surface area contributed by atoms with Gasteiger partial charge in [-0.25, -0.2) is 4.98 Å². The van der Waals surface area contributed by atoms with Crippen LogP contribution in [0, 0.1) is 6.92 Å². The fraction of sp³-hybridized carbons (Fsp3) is 0.167. The molecule has 0 aliphatic carbocycles. The largest absolute Gasteiger partial charge is 0.383 e. The molecule has 88 valence electrons. The fourth-order valence-corrected chi connectivity index (χ4v) is 2.55. The van der Waals surface area contributed by atoms with E-state index in [1.165, 1.54) is 16.0 Å². The first-order valence-corrected chi connectivity index (χ1v) is 6.06. The molecule has 0 radical (unpaired) electrons. The van der Waals surface area contributed by atoms with Gasteiger partial charge in [-0.1, -0.05) is 12.7 Å². The number of anilines is 2. The lowest BCUT2D eigenvalue weighted by molar-refractivity contribution is 1.09. The van der Waals surface area contributed by atoms with Gasteiger partial charge in [0, 0.05) is 23.1 Å². The Kier molecular flexibility index (Phi) is 3.10. The third-order valence-corrected chi connectivity index (χ3v) is 3.79. The van der Waals surface area contributed by atoms with Crippen LogP contribution < -0.4 is 11.5 Å². The molecule has 0 atom stereocenters. The third-order valence-electron chi connectivity index (χ3n) is 2.66. The van der Waals surface area contributed by atoms with E-state index in [9.17, 15) is 0 Å². The summed E-state index contributed by atoms with van der Waals surface area (Å²) >= 11 is 1.68. The third kappa shape index (κ3) is 2.29. The summed E-state index contributed by atoms with van der Waals surface area (Å²) in [5.41, 5.74) is 14.6. The number of aromatic nitrogens is 2. The lowest BCUT2D eigenvalue weighted by Crippen LogP contribution is -2.04. The van der Waals surface area contributed by atoms with E-state index in [0.717, 1.165) is 12.0 Å². The minimum Gasteiger partial charge on any atom is -0.383 e. The van der Waals surface area contributed by atoms with E-state index in [1.807, 2.05) is 6.08 Å². The van der Waals surface area contributed by atoms with Crippen molar-refractivity contribution < 1.29 is 0 Å². The molecule has 4 nitrogen and oxygen atoms in total. The topological polar surface area (TPSA) is 77.8 Å². The zero-order chi connectivity index (χ0) is 12.4. The number of hydrogen-bond donors (Lipinski definition) is 2. The highest BCUT2D eigenvalue weighted by molar-refractivity contribution is 7.11. The van der Waals surface area contributed by atoms with Crippen LogP contribution in [0.5, 0.6) is 0 Å². The molecule has 2 rings (SSSR count). The SMILES string of the molecule is C=Cc1scc(Cc2cnc(N)nc2N)c1C. The summed E-state index contributed by atoms with van der Waals surface area (Å²) in [6.45, 7) is 5.87. The highest BCUT2D eigenvalue weighted by atomic mass is 32.1. The van der Waals surface area contributed by atoms with Gasteiger partial charge >= 0.3 is 0 Å². The lowest BCUT2D eigenvalue weighted by Gasteiger charge is -2.04. The molecular formula is C12H14N4S. The van der Waals surface area contributed by atoms with E-state index in [0.29, 0.717) is 5.82 Å².